The molecule has 5 aromatic rings. The third-order valence-corrected chi connectivity index (χ3v) is 23.6. The summed E-state index contributed by atoms with van der Waals surface area (Å²) in [6.45, 7) is 6.89. The van der Waals surface area contributed by atoms with Gasteiger partial charge in [0, 0.05) is 0 Å². The Kier molecular flexibility index (Phi) is 8.02. The number of hydrogen-bond acceptors (Lipinski definition) is 0. The molecule has 0 N–H and O–H groups in total. The van der Waals surface area contributed by atoms with E-state index in [2.05, 4.69) is 136 Å². The molecule has 1 aliphatic heterocycles. The van der Waals surface area contributed by atoms with E-state index in [9.17, 15) is 0 Å². The third kappa shape index (κ3) is 5.00. The van der Waals surface area contributed by atoms with Crippen LogP contribution in [0.3, 0.4) is 0 Å². The van der Waals surface area contributed by atoms with Crippen molar-refractivity contribution in [1.29, 1.82) is 0 Å². The van der Waals surface area contributed by atoms with Gasteiger partial charge in [-0.2, -0.15) is 0 Å². The van der Waals surface area contributed by atoms with Crippen LogP contribution in [0.15, 0.2) is 115 Å². The minimum atomic E-state index is -4.05. The molecule has 0 radical (unpaired) electrons. The van der Waals surface area contributed by atoms with Crippen molar-refractivity contribution in [3.05, 3.63) is 131 Å². The van der Waals surface area contributed by atoms with E-state index in [1.807, 2.05) is 0 Å². The van der Waals surface area contributed by atoms with E-state index in [4.69, 9.17) is 17.0 Å². The summed E-state index contributed by atoms with van der Waals surface area (Å²) in [6.07, 6.45) is 4.61. The zero-order valence-electron chi connectivity index (χ0n) is 25.0. The zero-order valence-corrected chi connectivity index (χ0v) is 30.4. The molecule has 0 bridgehead atoms. The van der Waals surface area contributed by atoms with E-state index in [0.29, 0.717) is 5.92 Å². The van der Waals surface area contributed by atoms with Crippen LogP contribution in [0, 0.1) is 5.92 Å². The summed E-state index contributed by atoms with van der Waals surface area (Å²) in [4.78, 5) is 0. The van der Waals surface area contributed by atoms with Gasteiger partial charge in [0.15, 0.2) is 0 Å². The molecule has 1 atom stereocenters. The van der Waals surface area contributed by atoms with E-state index in [1.54, 1.807) is 0 Å². The van der Waals surface area contributed by atoms with Gasteiger partial charge in [-0.3, -0.25) is 0 Å². The van der Waals surface area contributed by atoms with Crippen LogP contribution in [0.4, 0.5) is 0 Å². The molecule has 0 nitrogen and oxygen atoms in total. The Morgan fingerprint density at radius 3 is 2.14 bits per heavy atom. The fraction of sp³-hybridized carbons (Fsp3) is 0.179. The molecule has 1 unspecified atom stereocenters. The van der Waals surface area contributed by atoms with Crippen LogP contribution in [0.1, 0.15) is 47.5 Å². The maximum atomic E-state index is 7.94. The van der Waals surface area contributed by atoms with Gasteiger partial charge in [0.25, 0.3) is 0 Å². The van der Waals surface area contributed by atoms with E-state index >= 15 is 0 Å². The van der Waals surface area contributed by atoms with E-state index in [0.717, 1.165) is 12.8 Å². The van der Waals surface area contributed by atoms with Crippen molar-refractivity contribution in [2.45, 2.75) is 37.2 Å². The van der Waals surface area contributed by atoms with Gasteiger partial charge in [-0.25, -0.2) is 0 Å². The monoisotopic (exact) mass is 692 g/mol. The molecule has 0 saturated heterocycles. The van der Waals surface area contributed by atoms with Crippen molar-refractivity contribution in [3.63, 3.8) is 0 Å². The predicted octanol–water partition coefficient (Wildman–Crippen LogP) is 8.95. The Morgan fingerprint density at radius 2 is 1.40 bits per heavy atom. The molecule has 1 aliphatic carbocycles. The van der Waals surface area contributed by atoms with Crippen molar-refractivity contribution >= 4 is 46.3 Å². The molecular formula is C39H36Cl2SiZr. The molecule has 5 aromatic carbocycles. The molecular weight excluding hydrogens is 659 g/mol. The molecule has 4 heteroatoms. The minimum absolute atomic E-state index is 0.0789. The first kappa shape index (κ1) is 29.2. The first-order chi connectivity index (χ1) is 20.9. The standard InChI is InChI=1S/C27H27.C12H9Si.2ClH.Zr/c1-4-10-21-15-16-22-17-23(19(2)3)18-26(22)27(21)25-14-9-8-13-24(25)20-11-6-5-7-12-20;1-3-7-11-9(5-1)10-6-2-4-8-12(10)13-11;;;/h5-9,11-19H,4,10H2,1-3H3;1-7H,13H2;2*1H;/q;;;;+2/p-2. The van der Waals surface area contributed by atoms with Crippen LogP contribution >= 0.6 is 17.0 Å². The molecule has 214 valence electrons. The summed E-state index contributed by atoms with van der Waals surface area (Å²) in [5, 5.41) is 2.99. The second-order valence-corrected chi connectivity index (χ2v) is 28.1. The second-order valence-electron chi connectivity index (χ2n) is 12.3. The molecule has 0 aromatic heterocycles. The van der Waals surface area contributed by atoms with E-state index < -0.39 is 27.4 Å². The van der Waals surface area contributed by atoms with Crippen LogP contribution in [-0.4, -0.2) is 9.52 Å². The molecule has 2 aliphatic rings. The Balaban J connectivity index is 1.44. The van der Waals surface area contributed by atoms with Crippen molar-refractivity contribution in [2.75, 3.05) is 0 Å². The van der Waals surface area contributed by atoms with E-state index in [-0.39, 0.29) is 3.63 Å². The number of rotatable bonds is 7. The van der Waals surface area contributed by atoms with Gasteiger partial charge in [-0.05, 0) is 0 Å². The first-order valence-electron chi connectivity index (χ1n) is 15.5. The molecule has 0 fully saturated rings. The quantitative estimate of drug-likeness (QED) is 0.147. The topological polar surface area (TPSA) is 0 Å². The fourth-order valence-corrected chi connectivity index (χ4v) is 24.5. The van der Waals surface area contributed by atoms with Gasteiger partial charge in [0.1, 0.15) is 0 Å². The van der Waals surface area contributed by atoms with Gasteiger partial charge in [-0.15, -0.1) is 0 Å². The number of aryl methyl sites for hydroxylation is 1. The van der Waals surface area contributed by atoms with E-state index in [1.165, 1.54) is 69.3 Å². The maximum absolute atomic E-state index is 7.94. The van der Waals surface area contributed by atoms with Crippen LogP contribution in [0.25, 0.3) is 39.5 Å². The Hall–Kier alpha value is -2.48. The number of allylic oxidation sites excluding steroid dienone is 1. The van der Waals surface area contributed by atoms with Gasteiger partial charge >= 0.3 is 272 Å². The Morgan fingerprint density at radius 1 is 0.721 bits per heavy atom. The molecule has 0 amide bonds. The summed E-state index contributed by atoms with van der Waals surface area (Å²) >= 11 is -4.05. The first-order valence-corrected chi connectivity index (χ1v) is 25.9. The van der Waals surface area contributed by atoms with Crippen molar-refractivity contribution in [1.82, 2.24) is 0 Å². The average molecular weight is 695 g/mol. The molecule has 1 heterocycles. The van der Waals surface area contributed by atoms with Crippen LogP contribution in [-0.2, 0) is 24.3 Å². The number of halogens is 2. The molecule has 0 spiro atoms. The van der Waals surface area contributed by atoms with Gasteiger partial charge in [0.05, 0.1) is 0 Å². The normalized spacial score (nSPS) is 15.9. The number of hydrogen-bond donors (Lipinski definition) is 0. The molecule has 0 saturated carbocycles. The van der Waals surface area contributed by atoms with Gasteiger partial charge < -0.3 is 0 Å². The number of fused-ring (bicyclic) bond motifs is 4. The van der Waals surface area contributed by atoms with Crippen LogP contribution < -0.4 is 13.6 Å². The number of benzene rings is 5. The molecule has 43 heavy (non-hydrogen) atoms. The summed E-state index contributed by atoms with van der Waals surface area (Å²) in [5.74, 6) is 0.351. The Bertz CT molecular complexity index is 1870. The third-order valence-electron chi connectivity index (χ3n) is 9.36. The van der Waals surface area contributed by atoms with Gasteiger partial charge in [0.2, 0.25) is 0 Å². The summed E-state index contributed by atoms with van der Waals surface area (Å²) in [6, 6.07) is 40.1. The van der Waals surface area contributed by atoms with Gasteiger partial charge in [-0.1, -0.05) is 0 Å². The zero-order chi connectivity index (χ0) is 29.7. The Labute approximate surface area is 270 Å². The summed E-state index contributed by atoms with van der Waals surface area (Å²) in [7, 11) is 15.2. The summed E-state index contributed by atoms with van der Waals surface area (Å²) < 4.78 is 1.38. The summed E-state index contributed by atoms with van der Waals surface area (Å²) in [5.41, 5.74) is 13.4. The predicted molar refractivity (Wildman–Crippen MR) is 188 cm³/mol. The molecule has 7 rings (SSSR count). The fourth-order valence-electron chi connectivity index (χ4n) is 7.41. The van der Waals surface area contributed by atoms with Crippen molar-refractivity contribution in [3.8, 4) is 33.4 Å². The van der Waals surface area contributed by atoms with Crippen LogP contribution in [0.5, 0.6) is 0 Å². The van der Waals surface area contributed by atoms with Crippen LogP contribution in [0.2, 0.25) is 0 Å². The average Bonchev–Trinajstić information content (AvgIpc) is 3.61. The van der Waals surface area contributed by atoms with Crippen molar-refractivity contribution in [2.24, 2.45) is 5.92 Å². The SMILES string of the molecule is CCCc1ccc2c(c1-c1ccccc1-c1ccccc1)C=C(C(C)C)[CH]2[Zr]([Cl])([Cl])[c]1cccc2c1[SiH2]c1ccccc1-2. The van der Waals surface area contributed by atoms with Crippen molar-refractivity contribution < 1.29 is 17.9 Å². The second kappa shape index (κ2) is 11.8.